The van der Waals surface area contributed by atoms with Gasteiger partial charge in [-0.1, -0.05) is 12.1 Å². The van der Waals surface area contributed by atoms with E-state index in [1.54, 1.807) is 14.0 Å². The van der Waals surface area contributed by atoms with Crippen LogP contribution >= 0.6 is 0 Å². The van der Waals surface area contributed by atoms with Gasteiger partial charge in [0.25, 0.3) is 0 Å². The highest BCUT2D eigenvalue weighted by molar-refractivity contribution is 5.75. The number of nitrogens with one attached hydrogen (secondary N) is 1. The summed E-state index contributed by atoms with van der Waals surface area (Å²) in [7, 11) is 1.57. The molecule has 0 saturated heterocycles. The van der Waals surface area contributed by atoms with Gasteiger partial charge in [0.1, 0.15) is 0 Å². The lowest BCUT2D eigenvalue weighted by Gasteiger charge is -2.29. The van der Waals surface area contributed by atoms with E-state index < -0.39 is 23.2 Å². The summed E-state index contributed by atoms with van der Waals surface area (Å²) in [5.41, 5.74) is 3.83. The summed E-state index contributed by atoms with van der Waals surface area (Å²) in [5.74, 6) is -0.579. The van der Waals surface area contributed by atoms with Crippen molar-refractivity contribution in [3.05, 3.63) is 35.4 Å². The van der Waals surface area contributed by atoms with E-state index in [4.69, 9.17) is 5.73 Å². The molecular weight excluding hydrogens is 245 g/mol. The number of hydrogen-bond acceptors (Lipinski definition) is 2. The number of alkyl halides is 3. The van der Waals surface area contributed by atoms with Gasteiger partial charge in [0.15, 0.2) is 0 Å². The number of primary amides is 1. The van der Waals surface area contributed by atoms with Crippen LogP contribution in [-0.2, 0) is 16.5 Å². The quantitative estimate of drug-likeness (QED) is 0.870. The lowest BCUT2D eigenvalue weighted by molar-refractivity contribution is -0.137. The van der Waals surface area contributed by atoms with Gasteiger partial charge in [-0.2, -0.15) is 13.2 Å². The van der Waals surface area contributed by atoms with Crippen LogP contribution in [0.15, 0.2) is 24.3 Å². The summed E-state index contributed by atoms with van der Waals surface area (Å²) in [5, 5.41) is 2.84. The van der Waals surface area contributed by atoms with Crippen LogP contribution in [0.25, 0.3) is 0 Å². The topological polar surface area (TPSA) is 55.1 Å². The van der Waals surface area contributed by atoms with Gasteiger partial charge in [-0.05, 0) is 31.7 Å². The summed E-state index contributed by atoms with van der Waals surface area (Å²) in [6.45, 7) is 1.63. The highest BCUT2D eigenvalue weighted by Gasteiger charge is 2.33. The van der Waals surface area contributed by atoms with Crippen molar-refractivity contribution in [1.29, 1.82) is 0 Å². The summed E-state index contributed by atoms with van der Waals surface area (Å²) < 4.78 is 37.8. The van der Waals surface area contributed by atoms with Gasteiger partial charge in [-0.25, -0.2) is 0 Å². The zero-order chi connectivity index (χ0) is 14.0. The van der Waals surface area contributed by atoms with Crippen LogP contribution < -0.4 is 11.1 Å². The number of hydrogen-bond donors (Lipinski definition) is 2. The lowest BCUT2D eigenvalue weighted by Crippen LogP contribution is -2.40. The molecular formula is C12H15F3N2O. The van der Waals surface area contributed by atoms with Gasteiger partial charge >= 0.3 is 6.18 Å². The maximum absolute atomic E-state index is 12.6. The molecule has 0 heterocycles. The fraction of sp³-hybridized carbons (Fsp3) is 0.417. The third-order valence-electron chi connectivity index (χ3n) is 2.91. The van der Waals surface area contributed by atoms with E-state index in [0.29, 0.717) is 5.56 Å². The second kappa shape index (κ2) is 4.97. The Balaban J connectivity index is 3.19. The van der Waals surface area contributed by atoms with E-state index in [0.717, 1.165) is 12.1 Å². The second-order valence-corrected chi connectivity index (χ2v) is 4.30. The van der Waals surface area contributed by atoms with Gasteiger partial charge in [-0.15, -0.1) is 0 Å². The Bertz CT molecular complexity index is 445. The molecule has 0 aliphatic heterocycles. The third-order valence-corrected chi connectivity index (χ3v) is 2.91. The molecule has 3 nitrogen and oxygen atoms in total. The van der Waals surface area contributed by atoms with Crippen molar-refractivity contribution in [2.45, 2.75) is 25.1 Å². The van der Waals surface area contributed by atoms with Crippen molar-refractivity contribution < 1.29 is 18.0 Å². The number of carbonyl (C=O) groups excluding carboxylic acids is 1. The Labute approximate surface area is 103 Å². The molecule has 3 N–H and O–H groups in total. The molecule has 1 aromatic rings. The molecule has 0 saturated carbocycles. The molecule has 6 heteroatoms. The first-order chi connectivity index (χ1) is 8.19. The fourth-order valence-electron chi connectivity index (χ4n) is 1.72. The number of benzene rings is 1. The minimum absolute atomic E-state index is 0.0786. The Morgan fingerprint density at radius 3 is 2.33 bits per heavy atom. The number of carbonyl (C=O) groups is 1. The molecule has 1 unspecified atom stereocenters. The number of amides is 1. The average Bonchev–Trinajstić information content (AvgIpc) is 2.27. The molecule has 100 valence electrons. The normalized spacial score (nSPS) is 15.2. The maximum Gasteiger partial charge on any atom is 0.416 e. The summed E-state index contributed by atoms with van der Waals surface area (Å²) in [6.07, 6.45) is -4.48. The zero-order valence-corrected chi connectivity index (χ0v) is 10.1. The minimum Gasteiger partial charge on any atom is -0.370 e. The Morgan fingerprint density at radius 2 is 1.89 bits per heavy atom. The molecule has 1 amide bonds. The molecule has 0 aliphatic carbocycles. The van der Waals surface area contributed by atoms with Crippen molar-refractivity contribution in [2.24, 2.45) is 5.73 Å². The van der Waals surface area contributed by atoms with Crippen molar-refractivity contribution in [3.8, 4) is 0 Å². The molecule has 0 spiro atoms. The molecule has 0 fully saturated rings. The largest absolute Gasteiger partial charge is 0.416 e. The van der Waals surface area contributed by atoms with Crippen molar-refractivity contribution >= 4 is 5.91 Å². The summed E-state index contributed by atoms with van der Waals surface area (Å²) in [4.78, 5) is 11.0. The van der Waals surface area contributed by atoms with E-state index in [-0.39, 0.29) is 6.42 Å². The highest BCUT2D eigenvalue weighted by atomic mass is 19.4. The SMILES string of the molecule is CNC(C)(CC(N)=O)c1cccc(C(F)(F)F)c1. The van der Waals surface area contributed by atoms with Crippen LogP contribution in [0, 0.1) is 0 Å². The predicted octanol–water partition coefficient (Wildman–Crippen LogP) is 2.02. The summed E-state index contributed by atoms with van der Waals surface area (Å²) >= 11 is 0. The number of nitrogens with two attached hydrogens (primary N) is 1. The van der Waals surface area contributed by atoms with Gasteiger partial charge in [0.2, 0.25) is 5.91 Å². The first kappa shape index (κ1) is 14.5. The van der Waals surface area contributed by atoms with Crippen LogP contribution in [-0.4, -0.2) is 13.0 Å². The zero-order valence-electron chi connectivity index (χ0n) is 10.1. The molecule has 0 aliphatic rings. The molecule has 1 rings (SSSR count). The minimum atomic E-state index is -4.41. The smallest absolute Gasteiger partial charge is 0.370 e. The standard InChI is InChI=1S/C12H15F3N2O/c1-11(17-2,7-10(16)18)8-4-3-5-9(6-8)12(13,14)15/h3-6,17H,7H2,1-2H3,(H2,16,18). The van der Waals surface area contributed by atoms with Crippen LogP contribution in [0.4, 0.5) is 13.2 Å². The monoisotopic (exact) mass is 260 g/mol. The Kier molecular flexibility index (Phi) is 4.01. The van der Waals surface area contributed by atoms with Gasteiger partial charge < -0.3 is 11.1 Å². The van der Waals surface area contributed by atoms with Gasteiger partial charge in [0.05, 0.1) is 5.56 Å². The maximum atomic E-state index is 12.6. The van der Waals surface area contributed by atoms with E-state index in [1.807, 2.05) is 0 Å². The lowest BCUT2D eigenvalue weighted by atomic mass is 9.87. The molecule has 0 bridgehead atoms. The number of halogens is 3. The third kappa shape index (κ3) is 3.22. The van der Waals surface area contributed by atoms with Crippen molar-refractivity contribution in [2.75, 3.05) is 7.05 Å². The molecule has 1 aromatic carbocycles. The average molecular weight is 260 g/mol. The van der Waals surface area contributed by atoms with Crippen molar-refractivity contribution in [3.63, 3.8) is 0 Å². The predicted molar refractivity (Wildman–Crippen MR) is 61.7 cm³/mol. The van der Waals surface area contributed by atoms with E-state index >= 15 is 0 Å². The van der Waals surface area contributed by atoms with Gasteiger partial charge in [-0.3, -0.25) is 4.79 Å². The highest BCUT2D eigenvalue weighted by Crippen LogP contribution is 2.32. The first-order valence-electron chi connectivity index (χ1n) is 5.34. The van der Waals surface area contributed by atoms with E-state index in [9.17, 15) is 18.0 Å². The molecule has 0 radical (unpaired) electrons. The van der Waals surface area contributed by atoms with Crippen LogP contribution in [0.1, 0.15) is 24.5 Å². The van der Waals surface area contributed by atoms with Gasteiger partial charge in [0, 0.05) is 12.0 Å². The van der Waals surface area contributed by atoms with Crippen LogP contribution in [0.3, 0.4) is 0 Å². The fourth-order valence-corrected chi connectivity index (χ4v) is 1.72. The van der Waals surface area contributed by atoms with Crippen molar-refractivity contribution in [1.82, 2.24) is 5.32 Å². The second-order valence-electron chi connectivity index (χ2n) is 4.30. The van der Waals surface area contributed by atoms with Crippen LogP contribution in [0.5, 0.6) is 0 Å². The van der Waals surface area contributed by atoms with E-state index in [1.165, 1.54) is 12.1 Å². The molecule has 1 atom stereocenters. The number of rotatable bonds is 4. The molecule has 18 heavy (non-hydrogen) atoms. The Hall–Kier alpha value is -1.56. The van der Waals surface area contributed by atoms with Crippen LogP contribution in [0.2, 0.25) is 0 Å². The molecule has 0 aromatic heterocycles. The van der Waals surface area contributed by atoms with E-state index in [2.05, 4.69) is 5.32 Å². The Morgan fingerprint density at radius 1 is 1.33 bits per heavy atom. The summed E-state index contributed by atoms with van der Waals surface area (Å²) in [6, 6.07) is 4.87. The first-order valence-corrected chi connectivity index (χ1v) is 5.34.